The van der Waals surface area contributed by atoms with Gasteiger partial charge in [-0.05, 0) is 29.0 Å². The number of nitrogens with zero attached hydrogens (tertiary/aromatic N) is 2. The normalized spacial score (nSPS) is 13.1. The molecule has 0 heterocycles. The summed E-state index contributed by atoms with van der Waals surface area (Å²) in [6, 6.07) is 22.7. The Kier molecular flexibility index (Phi) is 5.34. The SMILES string of the molecule is CCc1ccc(C(C)C(c2ccccc2)C(C#N)C#N)cc1. The van der Waals surface area contributed by atoms with Gasteiger partial charge in [0.25, 0.3) is 0 Å². The van der Waals surface area contributed by atoms with Crippen LogP contribution in [0.5, 0.6) is 0 Å². The van der Waals surface area contributed by atoms with E-state index in [1.807, 2.05) is 30.3 Å². The van der Waals surface area contributed by atoms with Gasteiger partial charge in [0.05, 0.1) is 12.1 Å². The highest BCUT2D eigenvalue weighted by molar-refractivity contribution is 5.33. The number of benzene rings is 2. The van der Waals surface area contributed by atoms with Crippen LogP contribution in [0.25, 0.3) is 0 Å². The molecule has 0 bridgehead atoms. The van der Waals surface area contributed by atoms with Crippen molar-refractivity contribution in [3.05, 3.63) is 71.3 Å². The minimum atomic E-state index is -0.650. The highest BCUT2D eigenvalue weighted by Gasteiger charge is 2.29. The van der Waals surface area contributed by atoms with Crippen LogP contribution in [0.15, 0.2) is 54.6 Å². The molecule has 0 N–H and O–H groups in total. The van der Waals surface area contributed by atoms with Gasteiger partial charge in [0.1, 0.15) is 5.92 Å². The average Bonchev–Trinajstić information content (AvgIpc) is 2.60. The number of hydrogen-bond donors (Lipinski definition) is 0. The molecular weight excluding hydrogens is 268 g/mol. The number of aryl methyl sites for hydroxylation is 1. The van der Waals surface area contributed by atoms with E-state index in [1.165, 1.54) is 11.1 Å². The van der Waals surface area contributed by atoms with Crippen LogP contribution in [0.3, 0.4) is 0 Å². The van der Waals surface area contributed by atoms with Crippen LogP contribution in [-0.4, -0.2) is 0 Å². The second-order valence-electron chi connectivity index (χ2n) is 5.56. The molecule has 2 unspecified atom stereocenters. The van der Waals surface area contributed by atoms with Gasteiger partial charge in [-0.2, -0.15) is 10.5 Å². The van der Waals surface area contributed by atoms with Crippen LogP contribution in [0.2, 0.25) is 0 Å². The molecule has 0 amide bonds. The summed E-state index contributed by atoms with van der Waals surface area (Å²) in [6.45, 7) is 4.23. The first-order chi connectivity index (χ1) is 10.7. The molecule has 2 aromatic rings. The summed E-state index contributed by atoms with van der Waals surface area (Å²) in [7, 11) is 0. The Morgan fingerprint density at radius 2 is 1.45 bits per heavy atom. The molecule has 22 heavy (non-hydrogen) atoms. The van der Waals surface area contributed by atoms with E-state index in [9.17, 15) is 10.5 Å². The Balaban J connectivity index is 2.40. The van der Waals surface area contributed by atoms with Crippen LogP contribution >= 0.6 is 0 Å². The van der Waals surface area contributed by atoms with Crippen LogP contribution in [0.4, 0.5) is 0 Å². The largest absolute Gasteiger partial charge is 0.197 e. The first-order valence-electron chi connectivity index (χ1n) is 7.64. The summed E-state index contributed by atoms with van der Waals surface area (Å²) in [6.07, 6.45) is 1.01. The monoisotopic (exact) mass is 288 g/mol. The molecule has 2 nitrogen and oxygen atoms in total. The lowest BCUT2D eigenvalue weighted by molar-refractivity contribution is 0.521. The first kappa shape index (κ1) is 15.8. The maximum absolute atomic E-state index is 9.36. The minimum Gasteiger partial charge on any atom is -0.197 e. The van der Waals surface area contributed by atoms with Gasteiger partial charge in [0, 0.05) is 5.92 Å². The van der Waals surface area contributed by atoms with E-state index in [2.05, 4.69) is 50.3 Å². The van der Waals surface area contributed by atoms with Crippen molar-refractivity contribution in [2.24, 2.45) is 5.92 Å². The van der Waals surface area contributed by atoms with Gasteiger partial charge in [0.2, 0.25) is 0 Å². The summed E-state index contributed by atoms with van der Waals surface area (Å²) in [5.74, 6) is -0.662. The first-order valence-corrected chi connectivity index (χ1v) is 7.64. The second kappa shape index (κ2) is 7.43. The maximum Gasteiger partial charge on any atom is 0.140 e. The molecular formula is C20H20N2. The van der Waals surface area contributed by atoms with Gasteiger partial charge in [0.15, 0.2) is 0 Å². The average molecular weight is 288 g/mol. The fourth-order valence-corrected chi connectivity index (χ4v) is 2.90. The third kappa shape index (κ3) is 3.35. The summed E-state index contributed by atoms with van der Waals surface area (Å²) >= 11 is 0. The third-order valence-electron chi connectivity index (χ3n) is 4.27. The number of nitriles is 2. The van der Waals surface area contributed by atoms with Gasteiger partial charge in [-0.3, -0.25) is 0 Å². The van der Waals surface area contributed by atoms with E-state index in [1.54, 1.807) is 0 Å². The number of hydrogen-bond acceptors (Lipinski definition) is 2. The smallest absolute Gasteiger partial charge is 0.140 e. The summed E-state index contributed by atoms with van der Waals surface area (Å²) in [4.78, 5) is 0. The predicted molar refractivity (Wildman–Crippen MR) is 88.1 cm³/mol. The van der Waals surface area contributed by atoms with Crippen molar-refractivity contribution in [2.75, 3.05) is 0 Å². The second-order valence-corrected chi connectivity index (χ2v) is 5.56. The Hall–Kier alpha value is -2.58. The standard InChI is InChI=1S/C20H20N2/c1-3-16-9-11-17(12-10-16)15(2)20(19(13-21)14-22)18-7-5-4-6-8-18/h4-12,15,19-20H,3H2,1-2H3. The van der Waals surface area contributed by atoms with E-state index in [-0.39, 0.29) is 11.8 Å². The molecule has 0 aromatic heterocycles. The van der Waals surface area contributed by atoms with Crippen molar-refractivity contribution in [1.29, 1.82) is 10.5 Å². The fraction of sp³-hybridized carbons (Fsp3) is 0.300. The van der Waals surface area contributed by atoms with E-state index < -0.39 is 5.92 Å². The molecule has 0 aliphatic carbocycles. The van der Waals surface area contributed by atoms with Gasteiger partial charge < -0.3 is 0 Å². The molecule has 0 fully saturated rings. The van der Waals surface area contributed by atoms with Crippen molar-refractivity contribution >= 4 is 0 Å². The lowest BCUT2D eigenvalue weighted by atomic mass is 9.75. The van der Waals surface area contributed by atoms with Crippen LogP contribution in [0, 0.1) is 28.6 Å². The van der Waals surface area contributed by atoms with Gasteiger partial charge in [-0.25, -0.2) is 0 Å². The topological polar surface area (TPSA) is 47.6 Å². The highest BCUT2D eigenvalue weighted by atomic mass is 14.4. The van der Waals surface area contributed by atoms with Crippen molar-refractivity contribution in [3.8, 4) is 12.1 Å². The molecule has 0 radical (unpaired) electrons. The van der Waals surface area contributed by atoms with Gasteiger partial charge in [-0.15, -0.1) is 0 Å². The van der Waals surface area contributed by atoms with Gasteiger partial charge >= 0.3 is 0 Å². The fourth-order valence-electron chi connectivity index (χ4n) is 2.90. The number of rotatable bonds is 5. The summed E-state index contributed by atoms with van der Waals surface area (Å²) in [5.41, 5.74) is 3.51. The summed E-state index contributed by atoms with van der Waals surface area (Å²) in [5, 5.41) is 18.7. The molecule has 0 aliphatic heterocycles. The van der Waals surface area contributed by atoms with Crippen molar-refractivity contribution in [3.63, 3.8) is 0 Å². The lowest BCUT2D eigenvalue weighted by Gasteiger charge is -2.25. The molecule has 2 atom stereocenters. The van der Waals surface area contributed by atoms with E-state index in [4.69, 9.17) is 0 Å². The zero-order chi connectivity index (χ0) is 15.9. The molecule has 2 aromatic carbocycles. The molecule has 2 rings (SSSR count). The molecule has 0 saturated carbocycles. The van der Waals surface area contributed by atoms with Crippen molar-refractivity contribution in [2.45, 2.75) is 32.1 Å². The highest BCUT2D eigenvalue weighted by Crippen LogP contribution is 2.38. The zero-order valence-corrected chi connectivity index (χ0v) is 13.0. The molecule has 110 valence electrons. The summed E-state index contributed by atoms with van der Waals surface area (Å²) < 4.78 is 0. The molecule has 0 saturated heterocycles. The van der Waals surface area contributed by atoms with Crippen LogP contribution in [0.1, 0.15) is 42.4 Å². The molecule has 0 spiro atoms. The maximum atomic E-state index is 9.36. The molecule has 0 aliphatic rings. The van der Waals surface area contributed by atoms with Crippen LogP contribution < -0.4 is 0 Å². The van der Waals surface area contributed by atoms with Gasteiger partial charge in [-0.1, -0.05) is 68.4 Å². The lowest BCUT2D eigenvalue weighted by Crippen LogP contribution is -2.16. The van der Waals surface area contributed by atoms with E-state index in [0.29, 0.717) is 0 Å². The third-order valence-corrected chi connectivity index (χ3v) is 4.27. The Bertz CT molecular complexity index is 660. The van der Waals surface area contributed by atoms with E-state index >= 15 is 0 Å². The van der Waals surface area contributed by atoms with Crippen molar-refractivity contribution in [1.82, 2.24) is 0 Å². The van der Waals surface area contributed by atoms with Crippen molar-refractivity contribution < 1.29 is 0 Å². The van der Waals surface area contributed by atoms with E-state index in [0.717, 1.165) is 12.0 Å². The quantitative estimate of drug-likeness (QED) is 0.793. The Labute approximate surface area is 132 Å². The Morgan fingerprint density at radius 1 is 0.864 bits per heavy atom. The minimum absolute atomic E-state index is 0.109. The van der Waals surface area contributed by atoms with Crippen LogP contribution in [-0.2, 0) is 6.42 Å². The molecule has 2 heteroatoms. The Morgan fingerprint density at radius 3 is 1.95 bits per heavy atom. The zero-order valence-electron chi connectivity index (χ0n) is 13.0. The predicted octanol–water partition coefficient (Wildman–Crippen LogP) is 4.80.